The van der Waals surface area contributed by atoms with Gasteiger partial charge in [0.1, 0.15) is 5.75 Å². The average molecular weight is 261 g/mol. The molecule has 2 amide bonds. The Labute approximate surface area is 112 Å². The topological polar surface area (TPSA) is 53.6 Å². The van der Waals surface area contributed by atoms with Crippen LogP contribution in [-0.4, -0.2) is 43.2 Å². The van der Waals surface area contributed by atoms with Crippen molar-refractivity contribution >= 4 is 11.7 Å². The molecule has 0 radical (unpaired) electrons. The predicted octanol–water partition coefficient (Wildman–Crippen LogP) is 1.66. The summed E-state index contributed by atoms with van der Waals surface area (Å²) < 4.78 is 5.10. The molecule has 3 rings (SSSR count). The van der Waals surface area contributed by atoms with Gasteiger partial charge in [0.15, 0.2) is 0 Å². The second kappa shape index (κ2) is 5.09. The number of piperazine rings is 1. The molecule has 0 aromatic heterocycles. The summed E-state index contributed by atoms with van der Waals surface area (Å²) in [4.78, 5) is 14.1. The van der Waals surface area contributed by atoms with E-state index in [1.54, 1.807) is 7.11 Å². The van der Waals surface area contributed by atoms with E-state index in [9.17, 15) is 4.79 Å². The Bertz CT molecular complexity index is 448. The summed E-state index contributed by atoms with van der Waals surface area (Å²) in [5.74, 6) is 0.790. The lowest BCUT2D eigenvalue weighted by atomic mass is 10.2. The third kappa shape index (κ3) is 2.66. The second-order valence-corrected chi connectivity index (χ2v) is 5.20. The van der Waals surface area contributed by atoms with Crippen LogP contribution < -0.4 is 15.4 Å². The van der Waals surface area contributed by atoms with Crippen molar-refractivity contribution in [1.82, 2.24) is 10.2 Å². The number of hydrogen-bond acceptors (Lipinski definition) is 3. The van der Waals surface area contributed by atoms with Crippen molar-refractivity contribution in [3.8, 4) is 5.75 Å². The van der Waals surface area contributed by atoms with Crippen LogP contribution in [0.2, 0.25) is 0 Å². The van der Waals surface area contributed by atoms with Crippen LogP contribution in [0.15, 0.2) is 24.3 Å². The Morgan fingerprint density at radius 2 is 1.89 bits per heavy atom. The van der Waals surface area contributed by atoms with Gasteiger partial charge in [-0.1, -0.05) is 0 Å². The second-order valence-electron chi connectivity index (χ2n) is 5.20. The number of likely N-dealkylation sites (tertiary alicyclic amines) is 1. The normalized spacial score (nSPS) is 25.2. The standard InChI is InChI=1S/C14H19N3O2/c1-19-13-6-4-10(5-7-13)16-14(18)17-8-11-2-3-12(9-17)15-11/h4-7,11-12,15H,2-3,8-9H2,1H3,(H,16,18)/t11-,12+. The number of amides is 2. The summed E-state index contributed by atoms with van der Waals surface area (Å²) >= 11 is 0. The third-order valence-corrected chi connectivity index (χ3v) is 3.85. The summed E-state index contributed by atoms with van der Waals surface area (Å²) in [5, 5.41) is 6.45. The molecule has 2 aliphatic rings. The van der Waals surface area contributed by atoms with Crippen LogP contribution in [0.4, 0.5) is 10.5 Å². The van der Waals surface area contributed by atoms with Gasteiger partial charge in [0.25, 0.3) is 0 Å². The Morgan fingerprint density at radius 1 is 1.26 bits per heavy atom. The van der Waals surface area contributed by atoms with Gasteiger partial charge in [-0.15, -0.1) is 0 Å². The zero-order valence-electron chi connectivity index (χ0n) is 11.1. The van der Waals surface area contributed by atoms with Gasteiger partial charge in [-0.2, -0.15) is 0 Å². The highest BCUT2D eigenvalue weighted by molar-refractivity contribution is 5.89. The van der Waals surface area contributed by atoms with Gasteiger partial charge in [-0.25, -0.2) is 4.79 Å². The number of carbonyl (C=O) groups is 1. The van der Waals surface area contributed by atoms with Crippen molar-refractivity contribution < 1.29 is 9.53 Å². The zero-order valence-corrected chi connectivity index (χ0v) is 11.1. The first-order chi connectivity index (χ1) is 9.24. The molecule has 2 fully saturated rings. The maximum absolute atomic E-state index is 12.2. The van der Waals surface area contributed by atoms with E-state index in [0.717, 1.165) is 24.5 Å². The SMILES string of the molecule is COc1ccc(NC(=O)N2C[C@H]3CC[C@@H](C2)N3)cc1. The predicted molar refractivity (Wildman–Crippen MR) is 73.5 cm³/mol. The van der Waals surface area contributed by atoms with Gasteiger partial charge in [0.2, 0.25) is 0 Å². The zero-order chi connectivity index (χ0) is 13.2. The fourth-order valence-electron chi connectivity index (χ4n) is 2.84. The summed E-state index contributed by atoms with van der Waals surface area (Å²) in [6.07, 6.45) is 2.36. The van der Waals surface area contributed by atoms with Crippen molar-refractivity contribution in [2.75, 3.05) is 25.5 Å². The van der Waals surface area contributed by atoms with Gasteiger partial charge >= 0.3 is 6.03 Å². The smallest absolute Gasteiger partial charge is 0.321 e. The van der Waals surface area contributed by atoms with E-state index in [-0.39, 0.29) is 6.03 Å². The van der Waals surface area contributed by atoms with Crippen LogP contribution in [0.3, 0.4) is 0 Å². The molecule has 5 nitrogen and oxygen atoms in total. The first kappa shape index (κ1) is 12.3. The highest BCUT2D eigenvalue weighted by Crippen LogP contribution is 2.21. The molecule has 2 N–H and O–H groups in total. The molecule has 102 valence electrons. The van der Waals surface area contributed by atoms with Crippen LogP contribution in [0.1, 0.15) is 12.8 Å². The molecule has 1 aromatic carbocycles. The average Bonchev–Trinajstić information content (AvgIpc) is 2.78. The Balaban J connectivity index is 1.61. The molecule has 0 spiro atoms. The van der Waals surface area contributed by atoms with Crippen molar-refractivity contribution in [3.63, 3.8) is 0 Å². The number of ether oxygens (including phenoxy) is 1. The van der Waals surface area contributed by atoms with Crippen LogP contribution >= 0.6 is 0 Å². The maximum atomic E-state index is 12.2. The highest BCUT2D eigenvalue weighted by Gasteiger charge is 2.34. The lowest BCUT2D eigenvalue weighted by Crippen LogP contribution is -2.54. The molecule has 2 atom stereocenters. The molecular formula is C14H19N3O2. The third-order valence-electron chi connectivity index (χ3n) is 3.85. The molecule has 0 aliphatic carbocycles. The number of nitrogens with one attached hydrogen (secondary N) is 2. The molecule has 0 unspecified atom stereocenters. The number of anilines is 1. The van der Waals surface area contributed by atoms with Gasteiger partial charge in [-0.05, 0) is 37.1 Å². The minimum Gasteiger partial charge on any atom is -0.497 e. The monoisotopic (exact) mass is 261 g/mol. The molecule has 0 saturated carbocycles. The van der Waals surface area contributed by atoms with E-state index >= 15 is 0 Å². The molecule has 2 bridgehead atoms. The van der Waals surface area contributed by atoms with E-state index in [4.69, 9.17) is 4.74 Å². The van der Waals surface area contributed by atoms with E-state index < -0.39 is 0 Å². The molecule has 2 heterocycles. The lowest BCUT2D eigenvalue weighted by Gasteiger charge is -2.32. The largest absolute Gasteiger partial charge is 0.497 e. The Morgan fingerprint density at radius 3 is 2.47 bits per heavy atom. The van der Waals surface area contributed by atoms with Gasteiger partial charge in [-0.3, -0.25) is 0 Å². The van der Waals surface area contributed by atoms with Crippen molar-refractivity contribution in [3.05, 3.63) is 24.3 Å². The fraction of sp³-hybridized carbons (Fsp3) is 0.500. The number of benzene rings is 1. The van der Waals surface area contributed by atoms with Crippen LogP contribution in [-0.2, 0) is 0 Å². The first-order valence-electron chi connectivity index (χ1n) is 6.70. The molecular weight excluding hydrogens is 242 g/mol. The molecule has 2 saturated heterocycles. The van der Waals surface area contributed by atoms with Gasteiger partial charge < -0.3 is 20.3 Å². The fourth-order valence-corrected chi connectivity index (χ4v) is 2.84. The number of rotatable bonds is 2. The molecule has 19 heavy (non-hydrogen) atoms. The number of methoxy groups -OCH3 is 1. The number of urea groups is 1. The molecule has 1 aromatic rings. The minimum atomic E-state index is -0.0106. The van der Waals surface area contributed by atoms with Crippen LogP contribution in [0.25, 0.3) is 0 Å². The van der Waals surface area contributed by atoms with E-state index in [1.807, 2.05) is 29.2 Å². The molecule has 5 heteroatoms. The number of fused-ring (bicyclic) bond motifs is 2. The number of hydrogen-bond donors (Lipinski definition) is 2. The first-order valence-corrected chi connectivity index (χ1v) is 6.70. The van der Waals surface area contributed by atoms with Crippen LogP contribution in [0, 0.1) is 0 Å². The van der Waals surface area contributed by atoms with Crippen molar-refractivity contribution in [2.45, 2.75) is 24.9 Å². The number of carbonyl (C=O) groups excluding carboxylic acids is 1. The van der Waals surface area contributed by atoms with Crippen molar-refractivity contribution in [1.29, 1.82) is 0 Å². The summed E-state index contributed by atoms with van der Waals surface area (Å²) in [7, 11) is 1.63. The van der Waals surface area contributed by atoms with E-state index in [0.29, 0.717) is 12.1 Å². The van der Waals surface area contributed by atoms with Crippen LogP contribution in [0.5, 0.6) is 5.75 Å². The van der Waals surface area contributed by atoms with E-state index in [2.05, 4.69) is 10.6 Å². The summed E-state index contributed by atoms with van der Waals surface area (Å²) in [6, 6.07) is 8.33. The maximum Gasteiger partial charge on any atom is 0.321 e. The molecule has 2 aliphatic heterocycles. The minimum absolute atomic E-state index is 0.0106. The Hall–Kier alpha value is -1.75. The quantitative estimate of drug-likeness (QED) is 0.851. The number of nitrogens with zero attached hydrogens (tertiary/aromatic N) is 1. The lowest BCUT2D eigenvalue weighted by molar-refractivity contribution is 0.188. The van der Waals surface area contributed by atoms with Gasteiger partial charge in [0.05, 0.1) is 7.11 Å². The van der Waals surface area contributed by atoms with E-state index in [1.165, 1.54) is 12.8 Å². The summed E-state index contributed by atoms with van der Waals surface area (Å²) in [6.45, 7) is 1.61. The summed E-state index contributed by atoms with van der Waals surface area (Å²) in [5.41, 5.74) is 0.802. The van der Waals surface area contributed by atoms with Crippen molar-refractivity contribution in [2.24, 2.45) is 0 Å². The highest BCUT2D eigenvalue weighted by atomic mass is 16.5. The Kier molecular flexibility index (Phi) is 3.29. The van der Waals surface area contributed by atoms with Gasteiger partial charge in [0, 0.05) is 30.9 Å².